The van der Waals surface area contributed by atoms with Gasteiger partial charge in [-0.25, -0.2) is 0 Å². The van der Waals surface area contributed by atoms with E-state index in [1.165, 1.54) is 24.3 Å². The molecule has 1 amide bonds. The van der Waals surface area contributed by atoms with Crippen LogP contribution in [-0.4, -0.2) is 44.4 Å². The number of ether oxygens (including phenoxy) is 3. The van der Waals surface area contributed by atoms with Crippen LogP contribution in [0.15, 0.2) is 35.1 Å². The number of primary amides is 1. The quantitative estimate of drug-likeness (QED) is 0.539. The predicted octanol–water partition coefficient (Wildman–Crippen LogP) is 3.47. The molecule has 2 rings (SSSR count). The molecule has 176 valence electrons. The zero-order valence-electron chi connectivity index (χ0n) is 18.1. The maximum atomic E-state index is 13.4. The molecule has 0 unspecified atom stereocenters. The smallest absolute Gasteiger partial charge is 0.431 e. The Balaban J connectivity index is 2.08. The predicted molar refractivity (Wildman–Crippen MR) is 113 cm³/mol. The van der Waals surface area contributed by atoms with Crippen LogP contribution in [-0.2, 0) is 15.7 Å². The molecule has 0 saturated heterocycles. The number of rotatable bonds is 11. The third-order valence-corrected chi connectivity index (χ3v) is 4.55. The molecule has 0 fully saturated rings. The first-order valence-corrected chi connectivity index (χ1v) is 9.97. The number of nitrogens with two attached hydrogens (primary N) is 1. The number of halogens is 3. The average Bonchev–Trinajstić information content (AvgIpc) is 2.72. The van der Waals surface area contributed by atoms with Gasteiger partial charge in [0.05, 0.1) is 26.4 Å². The van der Waals surface area contributed by atoms with Gasteiger partial charge in [-0.15, -0.1) is 0 Å². The monoisotopic (exact) mass is 456 g/mol. The first-order chi connectivity index (χ1) is 15.0. The highest BCUT2D eigenvalue weighted by atomic mass is 19.4. The van der Waals surface area contributed by atoms with E-state index in [4.69, 9.17) is 19.9 Å². The Labute approximate surface area is 183 Å². The first kappa shape index (κ1) is 25.4. The maximum Gasteiger partial charge on any atom is 0.431 e. The van der Waals surface area contributed by atoms with Crippen molar-refractivity contribution in [3.63, 3.8) is 0 Å². The average molecular weight is 456 g/mol. The van der Waals surface area contributed by atoms with E-state index in [1.54, 1.807) is 12.1 Å². The fourth-order valence-corrected chi connectivity index (χ4v) is 2.98. The molecule has 1 aromatic heterocycles. The van der Waals surface area contributed by atoms with Gasteiger partial charge in [0.15, 0.2) is 0 Å². The van der Waals surface area contributed by atoms with Crippen LogP contribution in [0, 0.1) is 11.8 Å². The Morgan fingerprint density at radius 2 is 1.66 bits per heavy atom. The topological polar surface area (TPSA) is 104 Å². The lowest BCUT2D eigenvalue weighted by Gasteiger charge is -2.16. The maximum absolute atomic E-state index is 13.4. The van der Waals surface area contributed by atoms with Crippen LogP contribution in [0.2, 0.25) is 0 Å². The van der Waals surface area contributed by atoms with Gasteiger partial charge < -0.3 is 24.9 Å². The van der Waals surface area contributed by atoms with Crippen molar-refractivity contribution in [3.05, 3.63) is 51.9 Å². The van der Waals surface area contributed by atoms with Gasteiger partial charge in [0, 0.05) is 24.5 Å². The Morgan fingerprint density at radius 3 is 2.19 bits per heavy atom. The highest BCUT2D eigenvalue weighted by molar-refractivity contribution is 5.93. The summed E-state index contributed by atoms with van der Waals surface area (Å²) in [7, 11) is 1.63. The van der Waals surface area contributed by atoms with Gasteiger partial charge >= 0.3 is 6.18 Å². The van der Waals surface area contributed by atoms with Gasteiger partial charge in [-0.2, -0.15) is 13.2 Å². The number of benzene rings is 1. The Bertz CT molecular complexity index is 958. The number of carbonyl (C=O) groups is 1. The number of aromatic nitrogens is 1. The summed E-state index contributed by atoms with van der Waals surface area (Å²) in [5.41, 5.74) is 1.89. The number of alkyl halides is 3. The van der Waals surface area contributed by atoms with Crippen molar-refractivity contribution in [1.29, 1.82) is 0 Å². The lowest BCUT2D eigenvalue weighted by atomic mass is 10.0. The fraction of sp³-hybridized carbons (Fsp3) is 0.455. The fourth-order valence-electron chi connectivity index (χ4n) is 2.98. The molecule has 0 aliphatic rings. The number of amides is 1. The molecule has 0 aliphatic carbocycles. The Hall–Kier alpha value is -2.85. The van der Waals surface area contributed by atoms with Crippen molar-refractivity contribution < 1.29 is 32.2 Å². The number of H-pyrrole nitrogens is 1. The number of pyridine rings is 1. The number of hydrogen-bond donors (Lipinski definition) is 2. The number of carbonyl (C=O) groups excluding carboxylic acids is 1. The molecule has 0 spiro atoms. The van der Waals surface area contributed by atoms with E-state index in [1.807, 2.05) is 13.8 Å². The van der Waals surface area contributed by atoms with Crippen LogP contribution in [0.4, 0.5) is 13.2 Å². The third-order valence-electron chi connectivity index (χ3n) is 4.55. The standard InChI is InChI=1S/C22H27F3N2O5/c1-13(9-30-3)10-31-11-14(2)12-32-16-6-4-15(5-7-16)17-8-18(20(26)28)21(29)27-19(17)22(23,24)25/h4-8,13-14H,9-12H2,1-3H3,(H2,26,28)(H,27,29)/t13-,14+/m1/s1. The summed E-state index contributed by atoms with van der Waals surface area (Å²) >= 11 is 0. The second-order valence-corrected chi connectivity index (χ2v) is 7.70. The van der Waals surface area contributed by atoms with Crippen molar-refractivity contribution in [2.75, 3.05) is 33.5 Å². The highest BCUT2D eigenvalue weighted by Crippen LogP contribution is 2.35. The zero-order chi connectivity index (χ0) is 23.9. The Kier molecular flexibility index (Phi) is 8.85. The second kappa shape index (κ2) is 11.1. The highest BCUT2D eigenvalue weighted by Gasteiger charge is 2.36. The van der Waals surface area contributed by atoms with Crippen LogP contribution < -0.4 is 16.0 Å². The van der Waals surface area contributed by atoms with Crippen molar-refractivity contribution in [2.24, 2.45) is 17.6 Å². The van der Waals surface area contributed by atoms with Gasteiger partial charge in [-0.3, -0.25) is 9.59 Å². The molecule has 1 heterocycles. The van der Waals surface area contributed by atoms with Crippen molar-refractivity contribution in [3.8, 4) is 16.9 Å². The van der Waals surface area contributed by atoms with Gasteiger partial charge in [0.1, 0.15) is 17.0 Å². The lowest BCUT2D eigenvalue weighted by Crippen LogP contribution is -2.27. The van der Waals surface area contributed by atoms with Crippen molar-refractivity contribution >= 4 is 5.91 Å². The number of methoxy groups -OCH3 is 1. The molecular formula is C22H27F3N2O5. The van der Waals surface area contributed by atoms with E-state index < -0.39 is 28.9 Å². The van der Waals surface area contributed by atoms with Gasteiger partial charge in [0.2, 0.25) is 0 Å². The van der Waals surface area contributed by atoms with Crippen LogP contribution in [0.1, 0.15) is 29.9 Å². The summed E-state index contributed by atoms with van der Waals surface area (Å²) in [5.74, 6) is -0.278. The Morgan fingerprint density at radius 1 is 1.06 bits per heavy atom. The van der Waals surface area contributed by atoms with Crippen LogP contribution in [0.25, 0.3) is 11.1 Å². The van der Waals surface area contributed by atoms with Crippen LogP contribution >= 0.6 is 0 Å². The number of aromatic amines is 1. The second-order valence-electron chi connectivity index (χ2n) is 7.70. The van der Waals surface area contributed by atoms with Gasteiger partial charge in [-0.05, 0) is 23.8 Å². The molecule has 32 heavy (non-hydrogen) atoms. The van der Waals surface area contributed by atoms with Crippen molar-refractivity contribution in [1.82, 2.24) is 4.98 Å². The molecular weight excluding hydrogens is 429 g/mol. The molecule has 3 N–H and O–H groups in total. The number of hydrogen-bond acceptors (Lipinski definition) is 5. The van der Waals surface area contributed by atoms with Gasteiger partial charge in [-0.1, -0.05) is 26.0 Å². The first-order valence-electron chi connectivity index (χ1n) is 9.97. The van der Waals surface area contributed by atoms with E-state index in [0.717, 1.165) is 6.07 Å². The normalized spacial score (nSPS) is 13.6. The van der Waals surface area contributed by atoms with Crippen molar-refractivity contribution in [2.45, 2.75) is 20.0 Å². The molecule has 0 bridgehead atoms. The molecule has 7 nitrogen and oxygen atoms in total. The third kappa shape index (κ3) is 7.10. The molecule has 0 saturated carbocycles. The molecule has 1 aromatic carbocycles. The summed E-state index contributed by atoms with van der Waals surface area (Å²) in [5, 5.41) is 0. The molecule has 0 aliphatic heterocycles. The molecule has 10 heteroatoms. The van der Waals surface area contributed by atoms with Crippen LogP contribution in [0.3, 0.4) is 0 Å². The SMILES string of the molecule is COC[C@@H](C)COC[C@H](C)COc1ccc(-c2cc(C(N)=O)c(=O)[nH]c2C(F)(F)F)cc1. The van der Waals surface area contributed by atoms with Gasteiger partial charge in [0.25, 0.3) is 11.5 Å². The minimum absolute atomic E-state index is 0.0959. The minimum atomic E-state index is -4.82. The van der Waals surface area contributed by atoms with E-state index in [9.17, 15) is 22.8 Å². The lowest BCUT2D eigenvalue weighted by molar-refractivity contribution is -0.140. The van der Waals surface area contributed by atoms with Crippen LogP contribution in [0.5, 0.6) is 5.75 Å². The minimum Gasteiger partial charge on any atom is -0.493 e. The molecule has 0 radical (unpaired) electrons. The summed E-state index contributed by atoms with van der Waals surface area (Å²) in [6, 6.07) is 6.70. The summed E-state index contributed by atoms with van der Waals surface area (Å²) in [6.45, 7) is 6.01. The van der Waals surface area contributed by atoms with E-state index in [2.05, 4.69) is 0 Å². The van der Waals surface area contributed by atoms with E-state index in [0.29, 0.717) is 32.2 Å². The summed E-state index contributed by atoms with van der Waals surface area (Å²) < 4.78 is 56.6. The summed E-state index contributed by atoms with van der Waals surface area (Å²) in [4.78, 5) is 24.9. The summed E-state index contributed by atoms with van der Waals surface area (Å²) in [6.07, 6.45) is -4.82. The molecule has 2 atom stereocenters. The number of nitrogens with one attached hydrogen (secondary N) is 1. The largest absolute Gasteiger partial charge is 0.493 e. The molecule has 2 aromatic rings. The zero-order valence-corrected chi connectivity index (χ0v) is 18.1. The van der Waals surface area contributed by atoms with E-state index >= 15 is 0 Å². The van der Waals surface area contributed by atoms with E-state index in [-0.39, 0.29) is 23.0 Å².